The number of pyridine rings is 1. The third kappa shape index (κ3) is 4.45. The van der Waals surface area contributed by atoms with Crippen molar-refractivity contribution in [2.75, 3.05) is 6.54 Å². The van der Waals surface area contributed by atoms with Crippen molar-refractivity contribution < 1.29 is 23.0 Å². The Balaban J connectivity index is 1.38. The molecule has 0 bridgehead atoms. The maximum Gasteiger partial charge on any atom is 0.387 e. The highest BCUT2D eigenvalue weighted by atomic mass is 19.3. The molecule has 0 fully saturated rings. The summed E-state index contributed by atoms with van der Waals surface area (Å²) in [6.45, 7) is -1.46. The van der Waals surface area contributed by atoms with Crippen molar-refractivity contribution in [2.45, 2.75) is 19.8 Å². The van der Waals surface area contributed by atoms with E-state index in [1.807, 2.05) is 36.4 Å². The minimum absolute atomic E-state index is 0.0988. The van der Waals surface area contributed by atoms with E-state index in [2.05, 4.69) is 15.0 Å². The largest absolute Gasteiger partial charge is 0.489 e. The van der Waals surface area contributed by atoms with Gasteiger partial charge in [-0.15, -0.1) is 0 Å². The molecule has 0 atom stereocenters. The number of carbonyl (C=O) groups excluding carboxylic acids is 1. The van der Waals surface area contributed by atoms with Crippen LogP contribution in [0.1, 0.15) is 16.1 Å². The number of fused-ring (bicyclic) bond motifs is 1. The van der Waals surface area contributed by atoms with Gasteiger partial charge in [0, 0.05) is 30.1 Å². The van der Waals surface area contributed by atoms with Gasteiger partial charge in [0.2, 0.25) is 0 Å². The molecular weight excluding hydrogens is 442 g/mol. The van der Waals surface area contributed by atoms with Gasteiger partial charge >= 0.3 is 6.61 Å². The summed E-state index contributed by atoms with van der Waals surface area (Å²) in [5, 5.41) is 7.60. The van der Waals surface area contributed by atoms with E-state index in [0.29, 0.717) is 30.2 Å². The molecule has 5 rings (SSSR count). The van der Waals surface area contributed by atoms with Gasteiger partial charge in [-0.3, -0.25) is 14.5 Å². The SMILES string of the molecule is O=C1NCCn2nc(-c3ccncc3)c(-c3ccc(OCc4ccc(OC(F)F)cc4)cc3)c21. The van der Waals surface area contributed by atoms with Gasteiger partial charge in [0.25, 0.3) is 5.91 Å². The van der Waals surface area contributed by atoms with Crippen molar-refractivity contribution in [3.8, 4) is 33.9 Å². The molecule has 3 heterocycles. The standard InChI is InChI=1S/C25H20F2N4O3/c26-25(27)34-20-5-1-16(2-6-20)15-33-19-7-3-17(4-8-19)21-22(18-9-11-28-12-10-18)30-31-14-13-29-24(32)23(21)31/h1-12,25H,13-15H2,(H,29,32). The Morgan fingerprint density at radius 3 is 2.35 bits per heavy atom. The fraction of sp³-hybridized carbons (Fsp3) is 0.160. The first-order valence-electron chi connectivity index (χ1n) is 10.6. The minimum atomic E-state index is -2.85. The Bertz CT molecular complexity index is 1290. The van der Waals surface area contributed by atoms with Crippen LogP contribution in [0.4, 0.5) is 8.78 Å². The van der Waals surface area contributed by atoms with Gasteiger partial charge < -0.3 is 14.8 Å². The number of benzene rings is 2. The first-order chi connectivity index (χ1) is 16.6. The van der Waals surface area contributed by atoms with Crippen LogP contribution < -0.4 is 14.8 Å². The number of hydrogen-bond acceptors (Lipinski definition) is 5. The molecule has 1 aliphatic heterocycles. The van der Waals surface area contributed by atoms with E-state index in [9.17, 15) is 13.6 Å². The first-order valence-corrected chi connectivity index (χ1v) is 10.6. The summed E-state index contributed by atoms with van der Waals surface area (Å²) in [5.74, 6) is 0.572. The zero-order chi connectivity index (χ0) is 23.5. The average Bonchev–Trinajstić information content (AvgIpc) is 3.25. The van der Waals surface area contributed by atoms with Crippen LogP contribution in [0, 0.1) is 0 Å². The zero-order valence-electron chi connectivity index (χ0n) is 17.9. The van der Waals surface area contributed by atoms with Gasteiger partial charge in [0.15, 0.2) is 0 Å². The number of carbonyl (C=O) groups is 1. The lowest BCUT2D eigenvalue weighted by molar-refractivity contribution is -0.0498. The van der Waals surface area contributed by atoms with Gasteiger partial charge in [-0.1, -0.05) is 24.3 Å². The topological polar surface area (TPSA) is 78.3 Å². The Morgan fingerprint density at radius 2 is 1.65 bits per heavy atom. The van der Waals surface area contributed by atoms with E-state index in [-0.39, 0.29) is 18.3 Å². The molecule has 1 amide bonds. The quantitative estimate of drug-likeness (QED) is 0.437. The van der Waals surface area contributed by atoms with Crippen LogP contribution in [-0.4, -0.2) is 33.8 Å². The monoisotopic (exact) mass is 462 g/mol. The number of ether oxygens (including phenoxy) is 2. The first kappa shape index (κ1) is 21.6. The van der Waals surface area contributed by atoms with Crippen LogP contribution in [0.5, 0.6) is 11.5 Å². The van der Waals surface area contributed by atoms with Crippen LogP contribution in [0.2, 0.25) is 0 Å². The van der Waals surface area contributed by atoms with Crippen LogP contribution in [0.15, 0.2) is 73.1 Å². The van der Waals surface area contributed by atoms with E-state index in [1.54, 1.807) is 29.2 Å². The highest BCUT2D eigenvalue weighted by Crippen LogP contribution is 2.36. The second-order valence-corrected chi connectivity index (χ2v) is 7.62. The summed E-state index contributed by atoms with van der Waals surface area (Å²) in [6.07, 6.45) is 3.39. The molecule has 9 heteroatoms. The fourth-order valence-electron chi connectivity index (χ4n) is 3.85. The molecule has 2 aromatic heterocycles. The lowest BCUT2D eigenvalue weighted by Gasteiger charge is -2.15. The van der Waals surface area contributed by atoms with Crippen molar-refractivity contribution in [1.82, 2.24) is 20.1 Å². The molecule has 7 nitrogen and oxygen atoms in total. The van der Waals surface area contributed by atoms with Crippen LogP contribution >= 0.6 is 0 Å². The molecule has 1 aliphatic rings. The Morgan fingerprint density at radius 1 is 0.941 bits per heavy atom. The maximum absolute atomic E-state index is 12.7. The number of nitrogens with zero attached hydrogens (tertiary/aromatic N) is 3. The third-order valence-corrected chi connectivity index (χ3v) is 5.43. The summed E-state index contributed by atoms with van der Waals surface area (Å²) in [7, 11) is 0. The zero-order valence-corrected chi connectivity index (χ0v) is 17.9. The molecule has 0 saturated carbocycles. The number of rotatable bonds is 7. The van der Waals surface area contributed by atoms with Crippen LogP contribution in [0.3, 0.4) is 0 Å². The van der Waals surface area contributed by atoms with Gasteiger partial charge in [0.05, 0.1) is 6.54 Å². The van der Waals surface area contributed by atoms with Gasteiger partial charge in [0.1, 0.15) is 29.5 Å². The maximum atomic E-state index is 12.7. The predicted octanol–water partition coefficient (Wildman–Crippen LogP) is 4.54. The molecule has 1 N–H and O–H groups in total. The number of nitrogens with one attached hydrogen (secondary N) is 1. The molecule has 2 aromatic carbocycles. The fourth-order valence-corrected chi connectivity index (χ4v) is 3.85. The molecule has 172 valence electrons. The van der Waals surface area contributed by atoms with Crippen molar-refractivity contribution in [1.29, 1.82) is 0 Å². The smallest absolute Gasteiger partial charge is 0.387 e. The molecular formula is C25H20F2N4O3. The van der Waals surface area contributed by atoms with Gasteiger partial charge in [-0.05, 0) is 47.5 Å². The van der Waals surface area contributed by atoms with Gasteiger partial charge in [-0.2, -0.15) is 13.9 Å². The minimum Gasteiger partial charge on any atom is -0.489 e. The summed E-state index contributed by atoms with van der Waals surface area (Å²) < 4.78 is 36.5. The van der Waals surface area contributed by atoms with Crippen LogP contribution in [0.25, 0.3) is 22.4 Å². The number of halogens is 2. The molecule has 0 radical (unpaired) electrons. The summed E-state index contributed by atoms with van der Waals surface area (Å²) in [4.78, 5) is 16.7. The van der Waals surface area contributed by atoms with E-state index in [4.69, 9.17) is 9.84 Å². The summed E-state index contributed by atoms with van der Waals surface area (Å²) in [5.41, 5.74) is 4.52. The second-order valence-electron chi connectivity index (χ2n) is 7.62. The molecule has 0 spiro atoms. The summed E-state index contributed by atoms with van der Waals surface area (Å²) in [6, 6.07) is 17.4. The lowest BCUT2D eigenvalue weighted by atomic mass is 9.98. The molecule has 0 unspecified atom stereocenters. The molecule has 0 saturated heterocycles. The number of alkyl halides is 2. The van der Waals surface area contributed by atoms with Crippen molar-refractivity contribution in [3.63, 3.8) is 0 Å². The van der Waals surface area contributed by atoms with Gasteiger partial charge in [-0.25, -0.2) is 0 Å². The van der Waals surface area contributed by atoms with Crippen molar-refractivity contribution in [3.05, 3.63) is 84.3 Å². The Hall–Kier alpha value is -4.27. The van der Waals surface area contributed by atoms with E-state index < -0.39 is 6.61 Å². The number of aromatic nitrogens is 3. The average molecular weight is 462 g/mol. The molecule has 4 aromatic rings. The van der Waals surface area contributed by atoms with E-state index >= 15 is 0 Å². The molecule has 34 heavy (non-hydrogen) atoms. The Labute approximate surface area is 194 Å². The van der Waals surface area contributed by atoms with E-state index in [1.165, 1.54) is 12.1 Å². The van der Waals surface area contributed by atoms with E-state index in [0.717, 1.165) is 22.3 Å². The highest BCUT2D eigenvalue weighted by Gasteiger charge is 2.27. The lowest BCUT2D eigenvalue weighted by Crippen LogP contribution is -2.35. The predicted molar refractivity (Wildman–Crippen MR) is 121 cm³/mol. The van der Waals surface area contributed by atoms with Crippen LogP contribution in [-0.2, 0) is 13.2 Å². The second kappa shape index (κ2) is 9.30. The number of amides is 1. The van der Waals surface area contributed by atoms with Crippen molar-refractivity contribution >= 4 is 5.91 Å². The normalized spacial score (nSPS) is 12.9. The summed E-state index contributed by atoms with van der Waals surface area (Å²) >= 11 is 0. The highest BCUT2D eigenvalue weighted by molar-refractivity contribution is 6.03. The van der Waals surface area contributed by atoms with Crippen molar-refractivity contribution in [2.24, 2.45) is 0 Å². The Kier molecular flexibility index (Phi) is 5.90. The molecule has 0 aliphatic carbocycles. The third-order valence-electron chi connectivity index (χ3n) is 5.43. The number of hydrogen-bond donors (Lipinski definition) is 1.